The highest BCUT2D eigenvalue weighted by molar-refractivity contribution is 5.70. The maximum atomic E-state index is 10.7. The number of carboxylic acids is 1. The quantitative estimate of drug-likeness (QED) is 0.846. The van der Waals surface area contributed by atoms with Crippen molar-refractivity contribution < 1.29 is 19.2 Å². The number of hydrogen-bond donors (Lipinski definition) is 1. The summed E-state index contributed by atoms with van der Waals surface area (Å²) in [5.41, 5.74) is 0. The Morgan fingerprint density at radius 2 is 2.25 bits per heavy atom. The van der Waals surface area contributed by atoms with Gasteiger partial charge in [0.15, 0.2) is 5.76 Å². The van der Waals surface area contributed by atoms with Crippen LogP contribution in [0.3, 0.4) is 0 Å². The number of nitrogens with zero attached hydrogens (tertiary/aromatic N) is 1. The number of ether oxygens (including phenoxy) is 1. The van der Waals surface area contributed by atoms with Crippen molar-refractivity contribution in [1.29, 1.82) is 0 Å². The zero-order valence-electron chi connectivity index (χ0n) is 8.96. The molecule has 5 nitrogen and oxygen atoms in total. The van der Waals surface area contributed by atoms with Crippen molar-refractivity contribution in [3.05, 3.63) is 18.0 Å². The normalized spacial score (nSPS) is 25.5. The van der Waals surface area contributed by atoms with Crippen LogP contribution in [0.5, 0.6) is 0 Å². The summed E-state index contributed by atoms with van der Waals surface area (Å²) in [7, 11) is 0. The maximum Gasteiger partial charge on any atom is 0.306 e. The molecule has 0 aliphatic heterocycles. The smallest absolute Gasteiger partial charge is 0.306 e. The van der Waals surface area contributed by atoms with Gasteiger partial charge in [0.2, 0.25) is 0 Å². The van der Waals surface area contributed by atoms with Crippen molar-refractivity contribution in [2.45, 2.75) is 38.4 Å². The van der Waals surface area contributed by atoms with Crippen LogP contribution < -0.4 is 0 Å². The molecule has 16 heavy (non-hydrogen) atoms. The Hall–Kier alpha value is -1.36. The van der Waals surface area contributed by atoms with E-state index >= 15 is 0 Å². The van der Waals surface area contributed by atoms with Gasteiger partial charge in [0.05, 0.1) is 18.2 Å². The zero-order chi connectivity index (χ0) is 11.4. The van der Waals surface area contributed by atoms with Gasteiger partial charge < -0.3 is 14.4 Å². The molecule has 1 heterocycles. The average Bonchev–Trinajstić information content (AvgIpc) is 2.80. The van der Waals surface area contributed by atoms with Crippen LogP contribution >= 0.6 is 0 Å². The van der Waals surface area contributed by atoms with Crippen LogP contribution in [-0.2, 0) is 16.1 Å². The van der Waals surface area contributed by atoms with Crippen LogP contribution in [-0.4, -0.2) is 22.3 Å². The Bertz CT molecular complexity index is 328. The largest absolute Gasteiger partial charge is 0.481 e. The minimum atomic E-state index is -0.686. The first-order valence-corrected chi connectivity index (χ1v) is 5.49. The second kappa shape index (κ2) is 5.12. The van der Waals surface area contributed by atoms with Gasteiger partial charge >= 0.3 is 5.97 Å². The van der Waals surface area contributed by atoms with E-state index in [1.54, 1.807) is 12.3 Å². The van der Waals surface area contributed by atoms with Crippen LogP contribution in [0.1, 0.15) is 31.4 Å². The molecule has 0 bridgehead atoms. The van der Waals surface area contributed by atoms with Gasteiger partial charge in [-0.15, -0.1) is 0 Å². The van der Waals surface area contributed by atoms with Crippen molar-refractivity contribution in [2.24, 2.45) is 5.92 Å². The van der Waals surface area contributed by atoms with Crippen LogP contribution in [0.2, 0.25) is 0 Å². The van der Waals surface area contributed by atoms with Crippen molar-refractivity contribution in [3.63, 3.8) is 0 Å². The van der Waals surface area contributed by atoms with E-state index < -0.39 is 5.97 Å². The van der Waals surface area contributed by atoms with Gasteiger partial charge in [0.25, 0.3) is 0 Å². The molecule has 0 atom stereocenters. The van der Waals surface area contributed by atoms with Crippen LogP contribution in [0, 0.1) is 5.92 Å². The molecule has 0 unspecified atom stereocenters. The molecule has 1 aromatic rings. The van der Waals surface area contributed by atoms with Crippen molar-refractivity contribution in [1.82, 2.24) is 5.16 Å². The molecular weight excluding hydrogens is 210 g/mol. The first kappa shape index (κ1) is 11.1. The number of rotatable bonds is 4. The molecule has 0 saturated heterocycles. The molecule has 1 aromatic heterocycles. The minimum Gasteiger partial charge on any atom is -0.481 e. The first-order chi connectivity index (χ1) is 7.75. The molecule has 88 valence electrons. The SMILES string of the molecule is O=C(O)C1CCC(OCc2ccno2)CC1. The van der Waals surface area contributed by atoms with Gasteiger partial charge in [-0.2, -0.15) is 0 Å². The Kier molecular flexibility index (Phi) is 3.56. The van der Waals surface area contributed by atoms with Gasteiger partial charge in [-0.1, -0.05) is 5.16 Å². The van der Waals surface area contributed by atoms with Crippen LogP contribution in [0.25, 0.3) is 0 Å². The monoisotopic (exact) mass is 225 g/mol. The fourth-order valence-corrected chi connectivity index (χ4v) is 1.99. The third-order valence-corrected chi connectivity index (χ3v) is 2.98. The molecule has 1 aliphatic rings. The summed E-state index contributed by atoms with van der Waals surface area (Å²) in [6.07, 6.45) is 4.77. The molecule has 0 radical (unpaired) electrons. The van der Waals surface area contributed by atoms with E-state index in [1.807, 2.05) is 0 Å². The van der Waals surface area contributed by atoms with Gasteiger partial charge in [-0.3, -0.25) is 4.79 Å². The lowest BCUT2D eigenvalue weighted by atomic mass is 9.87. The van der Waals surface area contributed by atoms with E-state index in [1.165, 1.54) is 0 Å². The van der Waals surface area contributed by atoms with E-state index in [0.29, 0.717) is 25.2 Å². The highest BCUT2D eigenvalue weighted by Crippen LogP contribution is 2.26. The zero-order valence-corrected chi connectivity index (χ0v) is 8.96. The molecule has 1 N–H and O–H groups in total. The summed E-state index contributed by atoms with van der Waals surface area (Å²) < 4.78 is 10.5. The van der Waals surface area contributed by atoms with Crippen molar-refractivity contribution in [3.8, 4) is 0 Å². The first-order valence-electron chi connectivity index (χ1n) is 5.49. The summed E-state index contributed by atoms with van der Waals surface area (Å²) in [6.45, 7) is 0.419. The lowest BCUT2D eigenvalue weighted by Gasteiger charge is -2.25. The van der Waals surface area contributed by atoms with E-state index in [2.05, 4.69) is 5.16 Å². The minimum absolute atomic E-state index is 0.153. The molecule has 0 aromatic carbocycles. The molecule has 1 fully saturated rings. The molecule has 5 heteroatoms. The summed E-state index contributed by atoms with van der Waals surface area (Å²) in [6, 6.07) is 1.77. The van der Waals surface area contributed by atoms with Gasteiger partial charge in [0.1, 0.15) is 6.61 Å². The van der Waals surface area contributed by atoms with Crippen LogP contribution in [0.15, 0.2) is 16.8 Å². The van der Waals surface area contributed by atoms with E-state index in [-0.39, 0.29) is 12.0 Å². The van der Waals surface area contributed by atoms with Gasteiger partial charge in [-0.25, -0.2) is 0 Å². The summed E-state index contributed by atoms with van der Waals surface area (Å²) in [4.78, 5) is 10.7. The summed E-state index contributed by atoms with van der Waals surface area (Å²) in [5.74, 6) is -0.167. The molecule has 0 spiro atoms. The topological polar surface area (TPSA) is 72.6 Å². The number of carbonyl (C=O) groups is 1. The second-order valence-electron chi connectivity index (χ2n) is 4.10. The average molecular weight is 225 g/mol. The fraction of sp³-hybridized carbons (Fsp3) is 0.636. The molecule has 1 aliphatic carbocycles. The van der Waals surface area contributed by atoms with Crippen LogP contribution in [0.4, 0.5) is 0 Å². The highest BCUT2D eigenvalue weighted by Gasteiger charge is 2.26. The maximum absolute atomic E-state index is 10.7. The number of aromatic nitrogens is 1. The second-order valence-corrected chi connectivity index (χ2v) is 4.10. The summed E-state index contributed by atoms with van der Waals surface area (Å²) >= 11 is 0. The van der Waals surface area contributed by atoms with Gasteiger partial charge in [-0.05, 0) is 25.7 Å². The van der Waals surface area contributed by atoms with Gasteiger partial charge in [0, 0.05) is 6.07 Å². The van der Waals surface area contributed by atoms with E-state index in [9.17, 15) is 4.79 Å². The molecule has 0 amide bonds. The predicted octanol–water partition coefficient (Wildman–Crippen LogP) is 1.83. The Balaban J connectivity index is 1.71. The van der Waals surface area contributed by atoms with E-state index in [4.69, 9.17) is 14.4 Å². The number of aliphatic carboxylic acids is 1. The Labute approximate surface area is 93.4 Å². The summed E-state index contributed by atoms with van der Waals surface area (Å²) in [5, 5.41) is 12.4. The molecule has 1 saturated carbocycles. The lowest BCUT2D eigenvalue weighted by Crippen LogP contribution is -2.25. The molecule has 2 rings (SSSR count). The molecular formula is C11H15NO4. The predicted molar refractivity (Wildman–Crippen MR) is 54.7 cm³/mol. The lowest BCUT2D eigenvalue weighted by molar-refractivity contribution is -0.144. The third kappa shape index (κ3) is 2.82. The standard InChI is InChI=1S/C11H15NO4/c13-11(14)8-1-3-9(4-2-8)15-7-10-5-6-12-16-10/h5-6,8-9H,1-4,7H2,(H,13,14). The Morgan fingerprint density at radius 3 is 2.81 bits per heavy atom. The van der Waals surface area contributed by atoms with E-state index in [0.717, 1.165) is 12.8 Å². The third-order valence-electron chi connectivity index (χ3n) is 2.98. The Morgan fingerprint density at radius 1 is 1.50 bits per heavy atom. The van der Waals surface area contributed by atoms with Crippen molar-refractivity contribution in [2.75, 3.05) is 0 Å². The van der Waals surface area contributed by atoms with Crippen molar-refractivity contribution >= 4 is 5.97 Å². The fourth-order valence-electron chi connectivity index (χ4n) is 1.99. The number of carboxylic acid groups (broad SMARTS) is 1. The highest BCUT2D eigenvalue weighted by atomic mass is 16.5. The number of hydrogen-bond acceptors (Lipinski definition) is 4.